The smallest absolute Gasteiger partial charge is 0.306 e. The number of aryl methyl sites for hydroxylation is 1. The van der Waals surface area contributed by atoms with Crippen molar-refractivity contribution in [2.45, 2.75) is 51.6 Å². The van der Waals surface area contributed by atoms with Gasteiger partial charge in [-0.15, -0.1) is 0 Å². The Kier molecular flexibility index (Phi) is 5.75. The molecule has 1 unspecified atom stereocenters. The van der Waals surface area contributed by atoms with Gasteiger partial charge in [0.1, 0.15) is 5.75 Å². The first-order valence-electron chi connectivity index (χ1n) is 9.21. The summed E-state index contributed by atoms with van der Waals surface area (Å²) in [6.45, 7) is 1.76. The number of carboxylic acids is 1. The van der Waals surface area contributed by atoms with Gasteiger partial charge < -0.3 is 9.84 Å². The van der Waals surface area contributed by atoms with Gasteiger partial charge in [-0.25, -0.2) is 0 Å². The van der Waals surface area contributed by atoms with E-state index in [1.807, 2.05) is 18.2 Å². The second-order valence-corrected chi connectivity index (χ2v) is 7.00. The Morgan fingerprint density at radius 3 is 2.56 bits per heavy atom. The van der Waals surface area contributed by atoms with Crippen LogP contribution in [0.4, 0.5) is 0 Å². The SMILES string of the molecule is CC(CCc1ccc(OC2CCCC2)c(-c2ccccc2)c1)C(=O)O. The molecular formula is C22H26O3. The van der Waals surface area contributed by atoms with Crippen molar-refractivity contribution in [2.24, 2.45) is 5.92 Å². The number of ether oxygens (including phenoxy) is 1. The van der Waals surface area contributed by atoms with Crippen LogP contribution in [0.15, 0.2) is 48.5 Å². The first-order valence-corrected chi connectivity index (χ1v) is 9.21. The van der Waals surface area contributed by atoms with E-state index in [-0.39, 0.29) is 5.92 Å². The molecule has 0 aromatic heterocycles. The molecule has 0 amide bonds. The molecule has 3 rings (SSSR count). The molecule has 0 radical (unpaired) electrons. The Balaban J connectivity index is 1.83. The summed E-state index contributed by atoms with van der Waals surface area (Å²) < 4.78 is 6.29. The Bertz CT molecular complexity index is 702. The van der Waals surface area contributed by atoms with Crippen LogP contribution in [0.3, 0.4) is 0 Å². The monoisotopic (exact) mass is 338 g/mol. The maximum atomic E-state index is 11.0. The molecule has 0 saturated heterocycles. The number of aliphatic carboxylic acids is 1. The standard InChI is InChI=1S/C22H26O3/c1-16(22(23)24)11-12-17-13-14-21(25-19-9-5-6-10-19)20(15-17)18-7-3-2-4-8-18/h2-4,7-8,13-16,19H,5-6,9-12H2,1H3,(H,23,24). The molecule has 3 heteroatoms. The Morgan fingerprint density at radius 1 is 1.16 bits per heavy atom. The van der Waals surface area contributed by atoms with Gasteiger partial charge in [-0.2, -0.15) is 0 Å². The average molecular weight is 338 g/mol. The summed E-state index contributed by atoms with van der Waals surface area (Å²) in [5.41, 5.74) is 3.40. The van der Waals surface area contributed by atoms with E-state index in [1.165, 1.54) is 12.8 Å². The lowest BCUT2D eigenvalue weighted by atomic mass is 9.97. The van der Waals surface area contributed by atoms with Gasteiger partial charge in [-0.05, 0) is 61.8 Å². The highest BCUT2D eigenvalue weighted by atomic mass is 16.5. The summed E-state index contributed by atoms with van der Waals surface area (Å²) in [5, 5.41) is 9.08. The third-order valence-electron chi connectivity index (χ3n) is 5.01. The predicted molar refractivity (Wildman–Crippen MR) is 99.9 cm³/mol. The van der Waals surface area contributed by atoms with Gasteiger partial charge in [-0.3, -0.25) is 4.79 Å². The summed E-state index contributed by atoms with van der Waals surface area (Å²) in [6, 6.07) is 16.6. The fourth-order valence-corrected chi connectivity index (χ4v) is 3.37. The van der Waals surface area contributed by atoms with Gasteiger partial charge in [0.25, 0.3) is 0 Å². The summed E-state index contributed by atoms with van der Waals surface area (Å²) in [6.07, 6.45) is 6.48. The van der Waals surface area contributed by atoms with Gasteiger partial charge >= 0.3 is 5.97 Å². The first kappa shape index (κ1) is 17.5. The average Bonchev–Trinajstić information content (AvgIpc) is 3.14. The van der Waals surface area contributed by atoms with Crippen LogP contribution >= 0.6 is 0 Å². The maximum Gasteiger partial charge on any atom is 0.306 e. The topological polar surface area (TPSA) is 46.5 Å². The lowest BCUT2D eigenvalue weighted by molar-refractivity contribution is -0.141. The van der Waals surface area contributed by atoms with E-state index in [9.17, 15) is 4.79 Å². The molecule has 0 aliphatic heterocycles. The fraction of sp³-hybridized carbons (Fsp3) is 0.409. The van der Waals surface area contributed by atoms with E-state index >= 15 is 0 Å². The zero-order valence-electron chi connectivity index (χ0n) is 14.8. The minimum Gasteiger partial charge on any atom is -0.490 e. The van der Waals surface area contributed by atoms with E-state index in [4.69, 9.17) is 9.84 Å². The normalized spacial score (nSPS) is 15.9. The highest BCUT2D eigenvalue weighted by molar-refractivity contribution is 5.71. The van der Waals surface area contributed by atoms with Crippen molar-refractivity contribution in [3.8, 4) is 16.9 Å². The van der Waals surface area contributed by atoms with Crippen LogP contribution in [-0.4, -0.2) is 17.2 Å². The van der Waals surface area contributed by atoms with E-state index < -0.39 is 5.97 Å². The molecule has 2 aromatic rings. The minimum absolute atomic E-state index is 0.320. The van der Waals surface area contributed by atoms with Crippen molar-refractivity contribution < 1.29 is 14.6 Å². The molecule has 25 heavy (non-hydrogen) atoms. The molecule has 3 nitrogen and oxygen atoms in total. The predicted octanol–water partition coefficient (Wildman–Crippen LogP) is 5.33. The third-order valence-corrected chi connectivity index (χ3v) is 5.01. The third kappa shape index (κ3) is 4.62. The fourth-order valence-electron chi connectivity index (χ4n) is 3.37. The number of hydrogen-bond acceptors (Lipinski definition) is 2. The van der Waals surface area contributed by atoms with Crippen LogP contribution in [-0.2, 0) is 11.2 Å². The molecular weight excluding hydrogens is 312 g/mol. The van der Waals surface area contributed by atoms with Crippen molar-refractivity contribution in [3.05, 3.63) is 54.1 Å². The van der Waals surface area contributed by atoms with Crippen LogP contribution in [0.1, 0.15) is 44.6 Å². The molecule has 0 spiro atoms. The number of hydrogen-bond donors (Lipinski definition) is 1. The minimum atomic E-state index is -0.732. The quantitative estimate of drug-likeness (QED) is 0.742. The molecule has 1 aliphatic carbocycles. The second-order valence-electron chi connectivity index (χ2n) is 7.00. The highest BCUT2D eigenvalue weighted by Gasteiger charge is 2.19. The number of rotatable bonds is 7. The Morgan fingerprint density at radius 2 is 1.88 bits per heavy atom. The van der Waals surface area contributed by atoms with Gasteiger partial charge in [0.2, 0.25) is 0 Å². The van der Waals surface area contributed by atoms with Crippen LogP contribution in [0.2, 0.25) is 0 Å². The van der Waals surface area contributed by atoms with Crippen molar-refractivity contribution >= 4 is 5.97 Å². The van der Waals surface area contributed by atoms with Crippen molar-refractivity contribution in [1.82, 2.24) is 0 Å². The Labute approximate surface area is 149 Å². The molecule has 132 valence electrons. The van der Waals surface area contributed by atoms with Crippen LogP contribution in [0.25, 0.3) is 11.1 Å². The van der Waals surface area contributed by atoms with Gasteiger partial charge in [-0.1, -0.05) is 43.3 Å². The zero-order chi connectivity index (χ0) is 17.6. The van der Waals surface area contributed by atoms with Gasteiger partial charge in [0.05, 0.1) is 12.0 Å². The summed E-state index contributed by atoms with van der Waals surface area (Å²) >= 11 is 0. The summed E-state index contributed by atoms with van der Waals surface area (Å²) in [4.78, 5) is 11.0. The summed E-state index contributed by atoms with van der Waals surface area (Å²) in [7, 11) is 0. The molecule has 1 fully saturated rings. The lowest BCUT2D eigenvalue weighted by Gasteiger charge is -2.18. The number of benzene rings is 2. The molecule has 1 atom stereocenters. The molecule has 1 saturated carbocycles. The molecule has 2 aromatic carbocycles. The number of carboxylic acid groups (broad SMARTS) is 1. The van der Waals surface area contributed by atoms with Gasteiger partial charge in [0, 0.05) is 5.56 Å². The molecule has 0 heterocycles. The zero-order valence-corrected chi connectivity index (χ0v) is 14.8. The van der Waals surface area contributed by atoms with Crippen molar-refractivity contribution in [2.75, 3.05) is 0 Å². The number of carbonyl (C=O) groups is 1. The Hall–Kier alpha value is -2.29. The largest absolute Gasteiger partial charge is 0.490 e. The molecule has 1 aliphatic rings. The van der Waals surface area contributed by atoms with E-state index in [1.54, 1.807) is 6.92 Å². The van der Waals surface area contributed by atoms with Crippen LogP contribution in [0, 0.1) is 5.92 Å². The summed E-state index contributed by atoms with van der Waals surface area (Å²) in [5.74, 6) is -0.118. The van der Waals surface area contributed by atoms with E-state index in [0.29, 0.717) is 12.5 Å². The van der Waals surface area contributed by atoms with Crippen LogP contribution in [0.5, 0.6) is 5.75 Å². The maximum absolute atomic E-state index is 11.0. The van der Waals surface area contributed by atoms with Crippen molar-refractivity contribution in [3.63, 3.8) is 0 Å². The van der Waals surface area contributed by atoms with E-state index in [0.717, 1.165) is 41.7 Å². The molecule has 0 bridgehead atoms. The highest BCUT2D eigenvalue weighted by Crippen LogP contribution is 2.34. The second kappa shape index (κ2) is 8.19. The van der Waals surface area contributed by atoms with Gasteiger partial charge in [0.15, 0.2) is 0 Å². The lowest BCUT2D eigenvalue weighted by Crippen LogP contribution is -2.12. The van der Waals surface area contributed by atoms with Crippen LogP contribution < -0.4 is 4.74 Å². The van der Waals surface area contributed by atoms with E-state index in [2.05, 4.69) is 30.3 Å². The molecule has 1 N–H and O–H groups in total. The first-order chi connectivity index (χ1) is 12.1. The van der Waals surface area contributed by atoms with Crippen molar-refractivity contribution in [1.29, 1.82) is 0 Å².